The highest BCUT2D eigenvalue weighted by Crippen LogP contribution is 2.26. The standard InChI is InChI=1S/C19H16ClN5/c1-12-10-18(24-17-5-3-4-16(20)13(17)2)25-19(22-12)23-15-8-6-14(11-21)7-9-15/h3-10H,1-2H3,(H2,22,23,24,25). The Morgan fingerprint density at radius 1 is 1.00 bits per heavy atom. The van der Waals surface area contributed by atoms with Crippen LogP contribution < -0.4 is 10.6 Å². The first-order valence-corrected chi connectivity index (χ1v) is 8.08. The first-order valence-electron chi connectivity index (χ1n) is 7.70. The van der Waals surface area contributed by atoms with Gasteiger partial charge in [0.25, 0.3) is 0 Å². The van der Waals surface area contributed by atoms with Gasteiger partial charge in [-0.05, 0) is 55.8 Å². The molecule has 0 saturated heterocycles. The van der Waals surface area contributed by atoms with E-state index in [1.165, 1.54) is 0 Å². The number of nitriles is 1. The molecule has 0 saturated carbocycles. The van der Waals surface area contributed by atoms with Crippen LogP contribution in [0.25, 0.3) is 0 Å². The van der Waals surface area contributed by atoms with Crippen LogP contribution >= 0.6 is 11.6 Å². The van der Waals surface area contributed by atoms with E-state index in [4.69, 9.17) is 16.9 Å². The number of nitrogens with one attached hydrogen (secondary N) is 2. The van der Waals surface area contributed by atoms with Gasteiger partial charge in [-0.3, -0.25) is 0 Å². The number of nitrogens with zero attached hydrogens (tertiary/aromatic N) is 3. The van der Waals surface area contributed by atoms with Crippen molar-refractivity contribution >= 4 is 34.7 Å². The van der Waals surface area contributed by atoms with Crippen LogP contribution in [0.1, 0.15) is 16.8 Å². The van der Waals surface area contributed by atoms with Crippen LogP contribution in [0, 0.1) is 25.2 Å². The lowest BCUT2D eigenvalue weighted by atomic mass is 10.2. The van der Waals surface area contributed by atoms with E-state index in [0.29, 0.717) is 22.4 Å². The summed E-state index contributed by atoms with van der Waals surface area (Å²) in [5.74, 6) is 1.15. The molecule has 0 unspecified atom stereocenters. The number of aromatic nitrogens is 2. The molecule has 0 bridgehead atoms. The molecule has 3 rings (SSSR count). The third kappa shape index (κ3) is 4.06. The van der Waals surface area contributed by atoms with E-state index < -0.39 is 0 Å². The Labute approximate surface area is 151 Å². The zero-order valence-electron chi connectivity index (χ0n) is 13.8. The van der Waals surface area contributed by atoms with E-state index >= 15 is 0 Å². The molecule has 0 aliphatic rings. The van der Waals surface area contributed by atoms with Crippen LogP contribution in [-0.2, 0) is 0 Å². The van der Waals surface area contributed by atoms with Crippen molar-refractivity contribution in [3.63, 3.8) is 0 Å². The second-order valence-corrected chi connectivity index (χ2v) is 5.98. The quantitative estimate of drug-likeness (QED) is 0.685. The largest absolute Gasteiger partial charge is 0.340 e. The molecule has 1 aromatic heterocycles. The van der Waals surface area contributed by atoms with Crippen molar-refractivity contribution in [2.45, 2.75) is 13.8 Å². The molecule has 124 valence electrons. The van der Waals surface area contributed by atoms with Gasteiger partial charge in [-0.2, -0.15) is 10.2 Å². The minimum Gasteiger partial charge on any atom is -0.340 e. The molecule has 0 amide bonds. The summed E-state index contributed by atoms with van der Waals surface area (Å²) >= 11 is 6.17. The van der Waals surface area contributed by atoms with Gasteiger partial charge >= 0.3 is 0 Å². The molecule has 0 fully saturated rings. The van der Waals surface area contributed by atoms with Crippen LogP contribution in [0.5, 0.6) is 0 Å². The van der Waals surface area contributed by atoms with Gasteiger partial charge in [-0.25, -0.2) is 4.98 Å². The molecule has 0 aliphatic heterocycles. The van der Waals surface area contributed by atoms with Crippen molar-refractivity contribution in [1.82, 2.24) is 9.97 Å². The number of hydrogen-bond donors (Lipinski definition) is 2. The highest BCUT2D eigenvalue weighted by atomic mass is 35.5. The molecule has 2 N–H and O–H groups in total. The molecular formula is C19H16ClN5. The molecule has 0 atom stereocenters. The van der Waals surface area contributed by atoms with Crippen molar-refractivity contribution in [1.29, 1.82) is 5.26 Å². The lowest BCUT2D eigenvalue weighted by Crippen LogP contribution is -2.03. The fraction of sp³-hybridized carbons (Fsp3) is 0.105. The molecule has 25 heavy (non-hydrogen) atoms. The van der Waals surface area contributed by atoms with Crippen LogP contribution in [0.15, 0.2) is 48.5 Å². The molecule has 0 aliphatic carbocycles. The lowest BCUT2D eigenvalue weighted by Gasteiger charge is -2.12. The number of benzene rings is 2. The Hall–Kier alpha value is -3.10. The molecule has 0 radical (unpaired) electrons. The van der Waals surface area contributed by atoms with Crippen molar-refractivity contribution < 1.29 is 0 Å². The number of halogens is 1. The number of rotatable bonds is 4. The smallest absolute Gasteiger partial charge is 0.229 e. The van der Waals surface area contributed by atoms with Gasteiger partial charge < -0.3 is 10.6 Å². The summed E-state index contributed by atoms with van der Waals surface area (Å²) in [5.41, 5.74) is 4.11. The summed E-state index contributed by atoms with van der Waals surface area (Å²) in [6.45, 7) is 3.86. The van der Waals surface area contributed by atoms with E-state index in [-0.39, 0.29) is 0 Å². The van der Waals surface area contributed by atoms with Crippen LogP contribution in [0.2, 0.25) is 5.02 Å². The first-order chi connectivity index (χ1) is 12.0. The third-order valence-electron chi connectivity index (χ3n) is 3.65. The van der Waals surface area contributed by atoms with E-state index in [9.17, 15) is 0 Å². The van der Waals surface area contributed by atoms with Crippen molar-refractivity contribution in [3.05, 3.63) is 70.4 Å². The second kappa shape index (κ2) is 7.20. The van der Waals surface area contributed by atoms with Gasteiger partial charge in [0.05, 0.1) is 11.6 Å². The summed E-state index contributed by atoms with van der Waals surface area (Å²) in [6, 6.07) is 16.8. The average molecular weight is 350 g/mol. The van der Waals surface area contributed by atoms with Gasteiger partial charge in [0.2, 0.25) is 5.95 Å². The highest BCUT2D eigenvalue weighted by molar-refractivity contribution is 6.31. The number of aryl methyl sites for hydroxylation is 1. The summed E-state index contributed by atoms with van der Waals surface area (Å²) in [5, 5.41) is 16.0. The monoisotopic (exact) mass is 349 g/mol. The normalized spacial score (nSPS) is 10.2. The maximum Gasteiger partial charge on any atom is 0.229 e. The zero-order chi connectivity index (χ0) is 17.8. The summed E-state index contributed by atoms with van der Waals surface area (Å²) in [7, 11) is 0. The SMILES string of the molecule is Cc1cc(Nc2cccc(Cl)c2C)nc(Nc2ccc(C#N)cc2)n1. The molecule has 2 aromatic carbocycles. The molecular weight excluding hydrogens is 334 g/mol. The average Bonchev–Trinajstić information content (AvgIpc) is 2.59. The van der Waals surface area contributed by atoms with Crippen molar-refractivity contribution in [2.24, 2.45) is 0 Å². The maximum atomic E-state index is 8.86. The summed E-state index contributed by atoms with van der Waals surface area (Å²) in [6.07, 6.45) is 0. The van der Waals surface area contributed by atoms with E-state index in [0.717, 1.165) is 22.6 Å². The first kappa shape index (κ1) is 16.7. The molecule has 3 aromatic rings. The lowest BCUT2D eigenvalue weighted by molar-refractivity contribution is 1.11. The summed E-state index contributed by atoms with van der Waals surface area (Å²) < 4.78 is 0. The third-order valence-corrected chi connectivity index (χ3v) is 4.06. The van der Waals surface area contributed by atoms with Crippen molar-refractivity contribution in [2.75, 3.05) is 10.6 Å². The molecule has 5 nitrogen and oxygen atoms in total. The Kier molecular flexibility index (Phi) is 4.82. The predicted molar refractivity (Wildman–Crippen MR) is 101 cm³/mol. The molecule has 1 heterocycles. The minimum atomic E-state index is 0.479. The summed E-state index contributed by atoms with van der Waals surface area (Å²) in [4.78, 5) is 8.90. The fourth-order valence-corrected chi connectivity index (χ4v) is 2.50. The second-order valence-electron chi connectivity index (χ2n) is 5.57. The number of anilines is 4. The minimum absolute atomic E-state index is 0.479. The van der Waals surface area contributed by atoms with E-state index in [1.54, 1.807) is 12.1 Å². The van der Waals surface area contributed by atoms with Crippen LogP contribution in [0.4, 0.5) is 23.1 Å². The predicted octanol–water partition coefficient (Wildman–Crippen LogP) is 5.11. The Bertz CT molecular complexity index is 945. The van der Waals surface area contributed by atoms with E-state index in [1.807, 2.05) is 50.2 Å². The van der Waals surface area contributed by atoms with E-state index in [2.05, 4.69) is 26.7 Å². The van der Waals surface area contributed by atoms with Gasteiger partial charge in [0.1, 0.15) is 5.82 Å². The molecule has 0 spiro atoms. The highest BCUT2D eigenvalue weighted by Gasteiger charge is 2.06. The van der Waals surface area contributed by atoms with Crippen LogP contribution in [-0.4, -0.2) is 9.97 Å². The van der Waals surface area contributed by atoms with Gasteiger partial charge in [0.15, 0.2) is 0 Å². The van der Waals surface area contributed by atoms with Gasteiger partial charge in [0, 0.05) is 28.2 Å². The Morgan fingerprint density at radius 3 is 2.48 bits per heavy atom. The maximum absolute atomic E-state index is 8.86. The molecule has 6 heteroatoms. The van der Waals surface area contributed by atoms with Gasteiger partial charge in [-0.15, -0.1) is 0 Å². The Morgan fingerprint density at radius 2 is 1.76 bits per heavy atom. The fourth-order valence-electron chi connectivity index (χ4n) is 2.33. The van der Waals surface area contributed by atoms with Crippen LogP contribution in [0.3, 0.4) is 0 Å². The van der Waals surface area contributed by atoms with Crippen molar-refractivity contribution in [3.8, 4) is 6.07 Å². The Balaban J connectivity index is 1.85. The number of hydrogen-bond acceptors (Lipinski definition) is 5. The van der Waals surface area contributed by atoms with Gasteiger partial charge in [-0.1, -0.05) is 17.7 Å². The topological polar surface area (TPSA) is 73.6 Å². The zero-order valence-corrected chi connectivity index (χ0v) is 14.6.